The Kier molecular flexibility index (Phi) is 9.36. The molecule has 0 amide bonds. The lowest BCUT2D eigenvalue weighted by Gasteiger charge is -2.26. The summed E-state index contributed by atoms with van der Waals surface area (Å²) in [5, 5.41) is 0. The second-order valence-electron chi connectivity index (χ2n) is 10.8. The van der Waals surface area contributed by atoms with E-state index >= 15 is 0 Å². The molecule has 0 unspecified atom stereocenters. The summed E-state index contributed by atoms with van der Waals surface area (Å²) in [6.45, 7) is 0. The third kappa shape index (κ3) is 7.99. The van der Waals surface area contributed by atoms with Gasteiger partial charge in [0.15, 0.2) is 0 Å². The molecule has 0 bridgehead atoms. The van der Waals surface area contributed by atoms with Gasteiger partial charge in [0, 0.05) is 17.1 Å². The summed E-state index contributed by atoms with van der Waals surface area (Å²) >= 11 is 0. The van der Waals surface area contributed by atoms with Crippen LogP contribution in [0, 0.1) is 17.5 Å². The third-order valence-electron chi connectivity index (χ3n) is 7.40. The molecule has 0 radical (unpaired) electrons. The first-order valence-electron chi connectivity index (χ1n) is 14.9. The summed E-state index contributed by atoms with van der Waals surface area (Å²) < 4.78 is 40.8. The average Bonchev–Trinajstić information content (AvgIpc) is 3.07. The van der Waals surface area contributed by atoms with Crippen LogP contribution in [0.1, 0.15) is 33.4 Å². The Morgan fingerprint density at radius 2 is 0.565 bits per heavy atom. The van der Waals surface area contributed by atoms with Gasteiger partial charge in [0.05, 0.1) is 0 Å². The molecule has 6 rings (SSSR count). The van der Waals surface area contributed by atoms with Crippen LogP contribution in [0.25, 0.3) is 36.5 Å². The highest BCUT2D eigenvalue weighted by Gasteiger charge is 2.12. The number of benzene rings is 6. The highest BCUT2D eigenvalue weighted by atomic mass is 19.1. The van der Waals surface area contributed by atoms with Gasteiger partial charge in [-0.15, -0.1) is 0 Å². The highest BCUT2D eigenvalue weighted by Crippen LogP contribution is 2.35. The van der Waals surface area contributed by atoms with E-state index in [0.717, 1.165) is 50.4 Å². The van der Waals surface area contributed by atoms with Crippen LogP contribution >= 0.6 is 0 Å². The molecule has 0 atom stereocenters. The Morgan fingerprint density at radius 1 is 0.304 bits per heavy atom. The zero-order chi connectivity index (χ0) is 31.7. The molecule has 46 heavy (non-hydrogen) atoms. The third-order valence-corrected chi connectivity index (χ3v) is 7.40. The van der Waals surface area contributed by atoms with Crippen LogP contribution in [-0.4, -0.2) is 0 Å². The van der Waals surface area contributed by atoms with Gasteiger partial charge >= 0.3 is 0 Å². The largest absolute Gasteiger partial charge is 0.311 e. The predicted molar refractivity (Wildman–Crippen MR) is 187 cm³/mol. The van der Waals surface area contributed by atoms with Crippen molar-refractivity contribution in [1.29, 1.82) is 0 Å². The SMILES string of the molecule is Fc1cccc(/C=C/c2ccc(N(c3ccc(/C=C/c4cccc(F)c4)cc3)c3ccc(/C=C/c4cccc(F)c4)cc3)cc2)c1. The molecule has 0 aromatic heterocycles. The minimum Gasteiger partial charge on any atom is -0.311 e. The van der Waals surface area contributed by atoms with E-state index in [-0.39, 0.29) is 17.5 Å². The molecular weight excluding hydrogens is 575 g/mol. The second kappa shape index (κ2) is 14.3. The smallest absolute Gasteiger partial charge is 0.123 e. The first kappa shape index (κ1) is 30.2. The molecule has 0 saturated carbocycles. The minimum absolute atomic E-state index is 0.265. The van der Waals surface area contributed by atoms with Crippen LogP contribution in [-0.2, 0) is 0 Å². The van der Waals surface area contributed by atoms with E-state index in [4.69, 9.17) is 0 Å². The number of anilines is 3. The van der Waals surface area contributed by atoms with Crippen molar-refractivity contribution in [1.82, 2.24) is 0 Å². The van der Waals surface area contributed by atoms with Gasteiger partial charge < -0.3 is 4.90 Å². The number of halogens is 3. The molecule has 0 heterocycles. The van der Waals surface area contributed by atoms with E-state index in [1.54, 1.807) is 18.2 Å². The molecule has 0 N–H and O–H groups in total. The lowest BCUT2D eigenvalue weighted by molar-refractivity contribution is 0.627. The lowest BCUT2D eigenvalue weighted by atomic mass is 10.1. The minimum atomic E-state index is -0.265. The molecule has 0 aliphatic heterocycles. The Labute approximate surface area is 267 Å². The van der Waals surface area contributed by atoms with Crippen molar-refractivity contribution in [3.05, 3.63) is 196 Å². The molecule has 224 valence electrons. The van der Waals surface area contributed by atoms with E-state index in [1.165, 1.54) is 36.4 Å². The van der Waals surface area contributed by atoms with Crippen molar-refractivity contribution in [2.24, 2.45) is 0 Å². The van der Waals surface area contributed by atoms with Crippen LogP contribution in [0.3, 0.4) is 0 Å². The Bertz CT molecular complexity index is 1770. The monoisotopic (exact) mass is 605 g/mol. The first-order valence-corrected chi connectivity index (χ1v) is 14.9. The van der Waals surface area contributed by atoms with Crippen LogP contribution in [0.5, 0.6) is 0 Å². The van der Waals surface area contributed by atoms with E-state index in [2.05, 4.69) is 41.3 Å². The number of nitrogens with zero attached hydrogens (tertiary/aromatic N) is 1. The molecule has 1 nitrogen and oxygen atoms in total. The van der Waals surface area contributed by atoms with Crippen molar-refractivity contribution in [2.75, 3.05) is 4.90 Å². The molecule has 0 aliphatic carbocycles. The molecule has 0 aliphatic rings. The maximum atomic E-state index is 13.6. The van der Waals surface area contributed by atoms with Gasteiger partial charge in [0.25, 0.3) is 0 Å². The maximum Gasteiger partial charge on any atom is 0.123 e. The van der Waals surface area contributed by atoms with Crippen molar-refractivity contribution >= 4 is 53.5 Å². The summed E-state index contributed by atoms with van der Waals surface area (Å²) in [6, 6.07) is 44.0. The Hall–Kier alpha value is -5.87. The van der Waals surface area contributed by atoms with Gasteiger partial charge in [-0.2, -0.15) is 0 Å². The molecule has 4 heteroatoms. The molecule has 0 spiro atoms. The van der Waals surface area contributed by atoms with Gasteiger partial charge in [-0.25, -0.2) is 13.2 Å². The molecule has 6 aromatic rings. The molecule has 6 aromatic carbocycles. The summed E-state index contributed by atoms with van der Waals surface area (Å²) in [5.41, 5.74) is 8.25. The fraction of sp³-hybridized carbons (Fsp3) is 0. The normalized spacial score (nSPS) is 11.5. The summed E-state index contributed by atoms with van der Waals surface area (Å²) in [7, 11) is 0. The van der Waals surface area contributed by atoms with Crippen molar-refractivity contribution in [3.63, 3.8) is 0 Å². The van der Waals surface area contributed by atoms with Crippen LogP contribution < -0.4 is 4.90 Å². The zero-order valence-corrected chi connectivity index (χ0v) is 24.9. The maximum absolute atomic E-state index is 13.6. The lowest BCUT2D eigenvalue weighted by Crippen LogP contribution is -2.09. The number of hydrogen-bond acceptors (Lipinski definition) is 1. The van der Waals surface area contributed by atoms with Crippen molar-refractivity contribution in [2.45, 2.75) is 0 Å². The van der Waals surface area contributed by atoms with E-state index in [1.807, 2.05) is 91.1 Å². The van der Waals surface area contributed by atoms with E-state index in [9.17, 15) is 13.2 Å². The summed E-state index contributed by atoms with van der Waals surface area (Å²) in [5.74, 6) is -0.794. The van der Waals surface area contributed by atoms with E-state index in [0.29, 0.717) is 0 Å². The summed E-state index contributed by atoms with van der Waals surface area (Å²) in [4.78, 5) is 2.17. The fourth-order valence-electron chi connectivity index (χ4n) is 5.06. The Morgan fingerprint density at radius 3 is 0.826 bits per heavy atom. The molecular formula is C42H30F3N. The first-order chi connectivity index (χ1) is 22.5. The van der Waals surface area contributed by atoms with Crippen LogP contribution in [0.2, 0.25) is 0 Å². The van der Waals surface area contributed by atoms with E-state index < -0.39 is 0 Å². The second-order valence-corrected chi connectivity index (χ2v) is 10.8. The Balaban J connectivity index is 1.28. The molecule has 0 fully saturated rings. The van der Waals surface area contributed by atoms with Crippen LogP contribution in [0.4, 0.5) is 30.2 Å². The van der Waals surface area contributed by atoms with Crippen LogP contribution in [0.15, 0.2) is 146 Å². The topological polar surface area (TPSA) is 3.24 Å². The van der Waals surface area contributed by atoms with Gasteiger partial charge in [0.2, 0.25) is 0 Å². The predicted octanol–water partition coefficient (Wildman–Crippen LogP) is 12.1. The highest BCUT2D eigenvalue weighted by molar-refractivity contribution is 5.80. The summed E-state index contributed by atoms with van der Waals surface area (Å²) in [6.07, 6.45) is 11.6. The number of rotatable bonds is 9. The van der Waals surface area contributed by atoms with Crippen molar-refractivity contribution < 1.29 is 13.2 Å². The van der Waals surface area contributed by atoms with Crippen molar-refractivity contribution in [3.8, 4) is 0 Å². The van der Waals surface area contributed by atoms with Gasteiger partial charge in [-0.3, -0.25) is 0 Å². The fourth-order valence-corrected chi connectivity index (χ4v) is 5.06. The van der Waals surface area contributed by atoms with Gasteiger partial charge in [-0.1, -0.05) is 109 Å². The zero-order valence-electron chi connectivity index (χ0n) is 24.9. The average molecular weight is 606 g/mol. The van der Waals surface area contributed by atoms with Gasteiger partial charge in [-0.05, 0) is 106 Å². The van der Waals surface area contributed by atoms with Gasteiger partial charge in [0.1, 0.15) is 17.5 Å². The molecule has 0 saturated heterocycles. The standard InChI is InChI=1S/C42H30F3N/c43-37-7-1-4-34(28-37)13-10-31-16-22-40(23-17-31)46(41-24-18-32(19-25-41)11-14-35-5-2-8-38(44)29-35)42-26-20-33(21-27-42)12-15-36-6-3-9-39(45)30-36/h1-30H/b13-10+,14-11+,15-12+. The number of hydrogen-bond donors (Lipinski definition) is 0. The quantitative estimate of drug-likeness (QED) is 0.148.